The fourth-order valence-electron chi connectivity index (χ4n) is 2.51. The Hall–Kier alpha value is -1.71. The molecular weight excluding hydrogens is 250 g/mol. The molecule has 1 unspecified atom stereocenters. The maximum absolute atomic E-state index is 5.37. The number of furan rings is 1. The Labute approximate surface area is 121 Å². The minimum Gasteiger partial charge on any atom is -0.469 e. The highest BCUT2D eigenvalue weighted by molar-refractivity contribution is 5.52. The van der Waals surface area contributed by atoms with Gasteiger partial charge in [0, 0.05) is 18.5 Å². The van der Waals surface area contributed by atoms with Crippen LogP contribution in [0.1, 0.15) is 50.4 Å². The highest BCUT2D eigenvalue weighted by Gasteiger charge is 2.15. The first kappa shape index (κ1) is 14.7. The first-order chi connectivity index (χ1) is 9.49. The van der Waals surface area contributed by atoms with Crippen LogP contribution < -0.4 is 5.32 Å². The van der Waals surface area contributed by atoms with Gasteiger partial charge in [0.05, 0.1) is 23.3 Å². The van der Waals surface area contributed by atoms with Crippen molar-refractivity contribution < 1.29 is 4.42 Å². The first-order valence-electron chi connectivity index (χ1n) is 7.33. The van der Waals surface area contributed by atoms with E-state index in [0.717, 1.165) is 24.3 Å². The van der Waals surface area contributed by atoms with E-state index >= 15 is 0 Å². The van der Waals surface area contributed by atoms with Gasteiger partial charge in [0.1, 0.15) is 5.76 Å². The zero-order chi connectivity index (χ0) is 14.7. The van der Waals surface area contributed by atoms with Crippen molar-refractivity contribution in [2.45, 2.75) is 59.5 Å². The third-order valence-corrected chi connectivity index (χ3v) is 3.61. The molecule has 0 amide bonds. The van der Waals surface area contributed by atoms with E-state index in [4.69, 9.17) is 4.42 Å². The number of nitrogens with one attached hydrogen (secondary N) is 1. The Morgan fingerprint density at radius 3 is 2.60 bits per heavy atom. The molecule has 0 saturated heterocycles. The highest BCUT2D eigenvalue weighted by Crippen LogP contribution is 2.23. The summed E-state index contributed by atoms with van der Waals surface area (Å²) in [4.78, 5) is 0. The molecule has 1 atom stereocenters. The number of rotatable bonds is 6. The van der Waals surface area contributed by atoms with Gasteiger partial charge < -0.3 is 9.73 Å². The van der Waals surface area contributed by atoms with Crippen LogP contribution in [0.2, 0.25) is 0 Å². The van der Waals surface area contributed by atoms with Crippen molar-refractivity contribution in [1.82, 2.24) is 9.78 Å². The molecule has 0 spiro atoms. The van der Waals surface area contributed by atoms with Crippen LogP contribution in [-0.4, -0.2) is 15.8 Å². The predicted octanol–water partition coefficient (Wildman–Crippen LogP) is 4.11. The SMILES string of the molecule is Cc1nn(C(C)C)c(C)c1NC(C)CCc1ccco1. The van der Waals surface area contributed by atoms with Gasteiger partial charge >= 0.3 is 0 Å². The van der Waals surface area contributed by atoms with Gasteiger partial charge in [-0.15, -0.1) is 0 Å². The van der Waals surface area contributed by atoms with E-state index in [1.165, 1.54) is 11.4 Å². The van der Waals surface area contributed by atoms with Gasteiger partial charge in [0.2, 0.25) is 0 Å². The molecule has 0 radical (unpaired) electrons. The highest BCUT2D eigenvalue weighted by atomic mass is 16.3. The lowest BCUT2D eigenvalue weighted by Crippen LogP contribution is -2.17. The number of aromatic nitrogens is 2. The quantitative estimate of drug-likeness (QED) is 0.862. The maximum atomic E-state index is 5.37. The topological polar surface area (TPSA) is 43.0 Å². The summed E-state index contributed by atoms with van der Waals surface area (Å²) in [6.45, 7) is 10.7. The summed E-state index contributed by atoms with van der Waals surface area (Å²) in [6, 6.07) is 4.75. The van der Waals surface area contributed by atoms with Crippen LogP contribution in [0, 0.1) is 13.8 Å². The molecule has 20 heavy (non-hydrogen) atoms. The van der Waals surface area contributed by atoms with Gasteiger partial charge in [-0.25, -0.2) is 0 Å². The Bertz CT molecular complexity index is 540. The van der Waals surface area contributed by atoms with E-state index in [-0.39, 0.29) is 0 Å². The minimum atomic E-state index is 0.391. The summed E-state index contributed by atoms with van der Waals surface area (Å²) in [5, 5.41) is 8.20. The summed E-state index contributed by atoms with van der Waals surface area (Å²) < 4.78 is 7.45. The standard InChI is InChI=1S/C16H25N3O/c1-11(2)19-14(5)16(13(4)18-19)17-12(3)8-9-15-7-6-10-20-15/h6-7,10-12,17H,8-9H2,1-5H3. The molecular formula is C16H25N3O. The second-order valence-electron chi connectivity index (χ2n) is 5.75. The van der Waals surface area contributed by atoms with E-state index in [2.05, 4.69) is 49.7 Å². The van der Waals surface area contributed by atoms with Gasteiger partial charge in [-0.2, -0.15) is 5.10 Å². The Morgan fingerprint density at radius 1 is 1.30 bits per heavy atom. The van der Waals surface area contributed by atoms with E-state index in [1.54, 1.807) is 6.26 Å². The number of anilines is 1. The third kappa shape index (κ3) is 3.24. The van der Waals surface area contributed by atoms with Crippen molar-refractivity contribution >= 4 is 5.69 Å². The molecule has 2 heterocycles. The summed E-state index contributed by atoms with van der Waals surface area (Å²) in [6.07, 6.45) is 3.73. The van der Waals surface area contributed by atoms with Crippen molar-refractivity contribution in [3.63, 3.8) is 0 Å². The minimum absolute atomic E-state index is 0.391. The molecule has 0 aliphatic carbocycles. The molecule has 2 aromatic heterocycles. The Morgan fingerprint density at radius 2 is 2.05 bits per heavy atom. The van der Waals surface area contributed by atoms with Crippen molar-refractivity contribution in [3.05, 3.63) is 35.5 Å². The molecule has 0 aliphatic heterocycles. The molecule has 110 valence electrons. The van der Waals surface area contributed by atoms with Gasteiger partial charge in [-0.1, -0.05) is 0 Å². The van der Waals surface area contributed by atoms with Crippen LogP contribution in [0.15, 0.2) is 22.8 Å². The van der Waals surface area contributed by atoms with Gasteiger partial charge in [0.25, 0.3) is 0 Å². The van der Waals surface area contributed by atoms with Crippen molar-refractivity contribution in [2.24, 2.45) is 0 Å². The zero-order valence-corrected chi connectivity index (χ0v) is 13.1. The van der Waals surface area contributed by atoms with E-state index in [0.29, 0.717) is 12.1 Å². The van der Waals surface area contributed by atoms with E-state index < -0.39 is 0 Å². The monoisotopic (exact) mass is 275 g/mol. The van der Waals surface area contributed by atoms with Crippen LogP contribution in [0.3, 0.4) is 0 Å². The summed E-state index contributed by atoms with van der Waals surface area (Å²) >= 11 is 0. The Kier molecular flexibility index (Phi) is 4.53. The normalized spacial score (nSPS) is 12.9. The van der Waals surface area contributed by atoms with Crippen molar-refractivity contribution in [2.75, 3.05) is 5.32 Å². The first-order valence-corrected chi connectivity index (χ1v) is 7.33. The second-order valence-corrected chi connectivity index (χ2v) is 5.75. The molecule has 2 aromatic rings. The van der Waals surface area contributed by atoms with Crippen LogP contribution in [0.25, 0.3) is 0 Å². The largest absolute Gasteiger partial charge is 0.469 e. The van der Waals surface area contributed by atoms with Crippen molar-refractivity contribution in [3.8, 4) is 0 Å². The molecule has 2 rings (SSSR count). The third-order valence-electron chi connectivity index (χ3n) is 3.61. The number of hydrogen-bond donors (Lipinski definition) is 1. The Balaban J connectivity index is 1.98. The smallest absolute Gasteiger partial charge is 0.103 e. The van der Waals surface area contributed by atoms with E-state index in [1.807, 2.05) is 12.1 Å². The molecule has 0 fully saturated rings. The lowest BCUT2D eigenvalue weighted by atomic mass is 10.1. The molecule has 0 aromatic carbocycles. The fraction of sp³-hybridized carbons (Fsp3) is 0.562. The van der Waals surface area contributed by atoms with Gasteiger partial charge in [0.15, 0.2) is 0 Å². The lowest BCUT2D eigenvalue weighted by molar-refractivity contribution is 0.495. The average Bonchev–Trinajstić information content (AvgIpc) is 2.99. The average molecular weight is 275 g/mol. The van der Waals surface area contributed by atoms with Crippen LogP contribution >= 0.6 is 0 Å². The lowest BCUT2D eigenvalue weighted by Gasteiger charge is -2.15. The zero-order valence-electron chi connectivity index (χ0n) is 13.1. The molecule has 0 saturated carbocycles. The van der Waals surface area contributed by atoms with Crippen LogP contribution in [-0.2, 0) is 6.42 Å². The molecule has 4 nitrogen and oxygen atoms in total. The van der Waals surface area contributed by atoms with Crippen LogP contribution in [0.4, 0.5) is 5.69 Å². The number of hydrogen-bond acceptors (Lipinski definition) is 3. The predicted molar refractivity (Wildman–Crippen MR) is 82.2 cm³/mol. The van der Waals surface area contributed by atoms with Gasteiger partial charge in [-0.05, 0) is 53.2 Å². The second kappa shape index (κ2) is 6.16. The van der Waals surface area contributed by atoms with Gasteiger partial charge in [-0.3, -0.25) is 4.68 Å². The molecule has 0 bridgehead atoms. The summed E-state index contributed by atoms with van der Waals surface area (Å²) in [5.74, 6) is 1.05. The van der Waals surface area contributed by atoms with Crippen molar-refractivity contribution in [1.29, 1.82) is 0 Å². The molecule has 4 heteroatoms. The van der Waals surface area contributed by atoms with E-state index in [9.17, 15) is 0 Å². The summed E-state index contributed by atoms with van der Waals surface area (Å²) in [5.41, 5.74) is 3.45. The maximum Gasteiger partial charge on any atom is 0.103 e. The fourth-order valence-corrected chi connectivity index (χ4v) is 2.51. The molecule has 0 aliphatic rings. The number of aryl methyl sites for hydroxylation is 2. The molecule has 1 N–H and O–H groups in total. The van der Waals surface area contributed by atoms with Crippen LogP contribution in [0.5, 0.6) is 0 Å². The summed E-state index contributed by atoms with van der Waals surface area (Å²) in [7, 11) is 0. The number of nitrogens with zero attached hydrogens (tertiary/aromatic N) is 2.